The number of carbonyl (C=O) groups is 1. The highest BCUT2D eigenvalue weighted by molar-refractivity contribution is 5.77. The van der Waals surface area contributed by atoms with Gasteiger partial charge in [0.15, 0.2) is 0 Å². The Morgan fingerprint density at radius 2 is 1.92 bits per heavy atom. The van der Waals surface area contributed by atoms with Gasteiger partial charge in [0, 0.05) is 32.1 Å². The van der Waals surface area contributed by atoms with E-state index in [-0.39, 0.29) is 24.4 Å². The van der Waals surface area contributed by atoms with Crippen molar-refractivity contribution in [3.05, 3.63) is 66.0 Å². The lowest BCUT2D eigenvalue weighted by Crippen LogP contribution is -2.39. The van der Waals surface area contributed by atoms with Crippen LogP contribution in [-0.2, 0) is 4.79 Å². The molecule has 1 amide bonds. The average molecular weight is 358 g/mol. The smallest absolute Gasteiger partial charge is 0.221 e. The lowest BCUT2D eigenvalue weighted by Gasteiger charge is -2.31. The standard InChI is InChI=1S/C20H23FN2O3/c21-16-6-8-18(9-7-16)26-14-17(24)13-23-11-10-22-20(25)12-19(23)15-4-2-1-3-5-15/h1-9,17,19,24H,10-14H2,(H,22,25)/t17-,19-/m1/s1. The van der Waals surface area contributed by atoms with Gasteiger partial charge in [-0.1, -0.05) is 30.3 Å². The third-order valence-corrected chi connectivity index (χ3v) is 4.43. The molecule has 2 atom stereocenters. The van der Waals surface area contributed by atoms with Crippen molar-refractivity contribution in [2.75, 3.05) is 26.2 Å². The third-order valence-electron chi connectivity index (χ3n) is 4.43. The molecule has 1 aliphatic heterocycles. The molecule has 2 aromatic rings. The first-order chi connectivity index (χ1) is 12.6. The maximum absolute atomic E-state index is 12.9. The molecular weight excluding hydrogens is 335 g/mol. The second-order valence-electron chi connectivity index (χ2n) is 6.39. The molecule has 6 heteroatoms. The fourth-order valence-electron chi connectivity index (χ4n) is 3.14. The Hall–Kier alpha value is -2.44. The minimum atomic E-state index is -0.723. The van der Waals surface area contributed by atoms with E-state index >= 15 is 0 Å². The number of hydrogen-bond acceptors (Lipinski definition) is 4. The average Bonchev–Trinajstić information content (AvgIpc) is 2.83. The van der Waals surface area contributed by atoms with E-state index in [9.17, 15) is 14.3 Å². The molecule has 0 unspecified atom stereocenters. The van der Waals surface area contributed by atoms with Gasteiger partial charge in [-0.15, -0.1) is 0 Å². The number of β-amino-alcohol motifs (C(OH)–C–C–N with tert-alkyl or cyclic N) is 1. The highest BCUT2D eigenvalue weighted by Crippen LogP contribution is 2.25. The summed E-state index contributed by atoms with van der Waals surface area (Å²) >= 11 is 0. The van der Waals surface area contributed by atoms with Crippen molar-refractivity contribution >= 4 is 5.91 Å². The van der Waals surface area contributed by atoms with Gasteiger partial charge in [0.2, 0.25) is 5.91 Å². The van der Waals surface area contributed by atoms with Gasteiger partial charge in [-0.2, -0.15) is 0 Å². The fraction of sp³-hybridized carbons (Fsp3) is 0.350. The molecule has 1 saturated heterocycles. The lowest BCUT2D eigenvalue weighted by molar-refractivity contribution is -0.121. The van der Waals surface area contributed by atoms with Crippen LogP contribution in [0.2, 0.25) is 0 Å². The summed E-state index contributed by atoms with van der Waals surface area (Å²) in [5.41, 5.74) is 1.05. The Bertz CT molecular complexity index is 709. The molecule has 26 heavy (non-hydrogen) atoms. The quantitative estimate of drug-likeness (QED) is 0.831. The van der Waals surface area contributed by atoms with Crippen LogP contribution in [0.4, 0.5) is 4.39 Å². The van der Waals surface area contributed by atoms with Gasteiger partial charge in [0.1, 0.15) is 24.3 Å². The number of benzene rings is 2. The molecule has 0 saturated carbocycles. The Kier molecular flexibility index (Phi) is 6.20. The monoisotopic (exact) mass is 358 g/mol. The van der Waals surface area contributed by atoms with Crippen molar-refractivity contribution in [3.63, 3.8) is 0 Å². The highest BCUT2D eigenvalue weighted by Gasteiger charge is 2.27. The first-order valence-electron chi connectivity index (χ1n) is 8.74. The van der Waals surface area contributed by atoms with Crippen molar-refractivity contribution in [1.82, 2.24) is 10.2 Å². The van der Waals surface area contributed by atoms with E-state index in [4.69, 9.17) is 4.74 Å². The molecular formula is C20H23FN2O3. The lowest BCUT2D eigenvalue weighted by atomic mass is 10.0. The van der Waals surface area contributed by atoms with Crippen LogP contribution < -0.4 is 10.1 Å². The maximum atomic E-state index is 12.9. The summed E-state index contributed by atoms with van der Waals surface area (Å²) in [6.45, 7) is 1.69. The van der Waals surface area contributed by atoms with E-state index in [1.807, 2.05) is 30.3 Å². The van der Waals surface area contributed by atoms with Gasteiger partial charge in [0.05, 0.1) is 0 Å². The van der Waals surface area contributed by atoms with Gasteiger partial charge in [-0.3, -0.25) is 9.69 Å². The van der Waals surface area contributed by atoms with Crippen LogP contribution in [0.5, 0.6) is 5.75 Å². The molecule has 0 spiro atoms. The predicted octanol–water partition coefficient (Wildman–Crippen LogP) is 2.13. The van der Waals surface area contributed by atoms with Crippen molar-refractivity contribution in [1.29, 1.82) is 0 Å². The second-order valence-corrected chi connectivity index (χ2v) is 6.39. The molecule has 0 aromatic heterocycles. The van der Waals surface area contributed by atoms with Crippen LogP contribution in [0.1, 0.15) is 18.0 Å². The van der Waals surface area contributed by atoms with E-state index in [1.165, 1.54) is 24.3 Å². The normalized spacial score (nSPS) is 19.5. The number of amides is 1. The van der Waals surface area contributed by atoms with Gasteiger partial charge < -0.3 is 15.2 Å². The topological polar surface area (TPSA) is 61.8 Å². The van der Waals surface area contributed by atoms with Gasteiger partial charge >= 0.3 is 0 Å². The summed E-state index contributed by atoms with van der Waals surface area (Å²) in [5.74, 6) is 0.196. The van der Waals surface area contributed by atoms with Crippen LogP contribution in [-0.4, -0.2) is 48.3 Å². The molecule has 0 bridgehead atoms. The van der Waals surface area contributed by atoms with E-state index in [0.29, 0.717) is 31.8 Å². The number of rotatable bonds is 6. The summed E-state index contributed by atoms with van der Waals surface area (Å²) in [4.78, 5) is 14.1. The molecule has 3 rings (SSSR count). The molecule has 0 radical (unpaired) electrons. The number of halogens is 1. The molecule has 1 fully saturated rings. The van der Waals surface area contributed by atoms with Crippen LogP contribution >= 0.6 is 0 Å². The maximum Gasteiger partial charge on any atom is 0.221 e. The zero-order chi connectivity index (χ0) is 18.4. The van der Waals surface area contributed by atoms with Crippen molar-refractivity contribution in [3.8, 4) is 5.75 Å². The first-order valence-corrected chi connectivity index (χ1v) is 8.74. The Balaban J connectivity index is 1.62. The predicted molar refractivity (Wildman–Crippen MR) is 96.3 cm³/mol. The molecule has 5 nitrogen and oxygen atoms in total. The SMILES string of the molecule is O=C1C[C@H](c2ccccc2)N(C[C@@H](O)COc2ccc(F)cc2)CCN1. The van der Waals surface area contributed by atoms with Crippen LogP contribution in [0.3, 0.4) is 0 Å². The molecule has 1 aliphatic rings. The summed E-state index contributed by atoms with van der Waals surface area (Å²) in [5, 5.41) is 13.3. The fourth-order valence-corrected chi connectivity index (χ4v) is 3.14. The number of aliphatic hydroxyl groups excluding tert-OH is 1. The van der Waals surface area contributed by atoms with E-state index in [1.54, 1.807) is 0 Å². The number of nitrogens with one attached hydrogen (secondary N) is 1. The number of ether oxygens (including phenoxy) is 1. The molecule has 1 heterocycles. The van der Waals surface area contributed by atoms with E-state index < -0.39 is 6.10 Å². The first kappa shape index (κ1) is 18.4. The number of nitrogens with zero attached hydrogens (tertiary/aromatic N) is 1. The molecule has 2 N–H and O–H groups in total. The zero-order valence-corrected chi connectivity index (χ0v) is 14.5. The second kappa shape index (κ2) is 8.78. The third kappa shape index (κ3) is 5.03. The largest absolute Gasteiger partial charge is 0.491 e. The van der Waals surface area contributed by atoms with Crippen molar-refractivity contribution < 1.29 is 19.0 Å². The minimum absolute atomic E-state index is 0.0124. The highest BCUT2D eigenvalue weighted by atomic mass is 19.1. The van der Waals surface area contributed by atoms with Gasteiger partial charge in [-0.25, -0.2) is 4.39 Å². The summed E-state index contributed by atoms with van der Waals surface area (Å²) in [7, 11) is 0. The molecule has 2 aromatic carbocycles. The van der Waals surface area contributed by atoms with Crippen molar-refractivity contribution in [2.45, 2.75) is 18.6 Å². The summed E-state index contributed by atoms with van der Waals surface area (Å²) < 4.78 is 18.5. The molecule has 138 valence electrons. The van der Waals surface area contributed by atoms with E-state index in [2.05, 4.69) is 10.2 Å². The Morgan fingerprint density at radius 3 is 2.65 bits per heavy atom. The Morgan fingerprint density at radius 1 is 1.19 bits per heavy atom. The summed E-state index contributed by atoms with van der Waals surface area (Å²) in [6.07, 6.45) is -0.366. The van der Waals surface area contributed by atoms with Crippen LogP contribution in [0, 0.1) is 5.82 Å². The van der Waals surface area contributed by atoms with Crippen molar-refractivity contribution in [2.24, 2.45) is 0 Å². The Labute approximate surface area is 152 Å². The van der Waals surface area contributed by atoms with Crippen LogP contribution in [0.25, 0.3) is 0 Å². The number of carbonyl (C=O) groups excluding carboxylic acids is 1. The van der Waals surface area contributed by atoms with Gasteiger partial charge in [0.25, 0.3) is 0 Å². The van der Waals surface area contributed by atoms with Gasteiger partial charge in [-0.05, 0) is 29.8 Å². The van der Waals surface area contributed by atoms with Crippen LogP contribution in [0.15, 0.2) is 54.6 Å². The zero-order valence-electron chi connectivity index (χ0n) is 14.5. The number of hydrogen-bond donors (Lipinski definition) is 2. The molecule has 0 aliphatic carbocycles. The number of aliphatic hydroxyl groups is 1. The van der Waals surface area contributed by atoms with E-state index in [0.717, 1.165) is 5.56 Å². The minimum Gasteiger partial charge on any atom is -0.491 e. The summed E-state index contributed by atoms with van der Waals surface area (Å²) in [6, 6.07) is 15.4.